The Morgan fingerprint density at radius 2 is 1.92 bits per heavy atom. The van der Waals surface area contributed by atoms with Crippen LogP contribution in [0.15, 0.2) is 34.7 Å². The zero-order valence-corrected chi connectivity index (χ0v) is 14.3. The number of aliphatic carboxylic acids is 1. The van der Waals surface area contributed by atoms with Crippen LogP contribution in [0.4, 0.5) is 0 Å². The Bertz CT molecular complexity index is 689. The summed E-state index contributed by atoms with van der Waals surface area (Å²) >= 11 is 0. The normalized spacial score (nSPS) is 20.5. The summed E-state index contributed by atoms with van der Waals surface area (Å²) in [7, 11) is 0. The van der Waals surface area contributed by atoms with Gasteiger partial charge in [0.05, 0.1) is 18.9 Å². The van der Waals surface area contributed by atoms with E-state index in [1.165, 1.54) is 0 Å². The van der Waals surface area contributed by atoms with Gasteiger partial charge in [-0.25, -0.2) is 9.78 Å². The van der Waals surface area contributed by atoms with Gasteiger partial charge in [0, 0.05) is 11.5 Å². The highest BCUT2D eigenvalue weighted by molar-refractivity contribution is 5.70. The molecule has 0 spiro atoms. The van der Waals surface area contributed by atoms with Crippen LogP contribution in [-0.4, -0.2) is 35.6 Å². The molecule has 6 heteroatoms. The third kappa shape index (κ3) is 4.67. The molecule has 0 bridgehead atoms. The quantitative estimate of drug-likeness (QED) is 0.774. The summed E-state index contributed by atoms with van der Waals surface area (Å²) in [5, 5.41) is 8.81. The van der Waals surface area contributed by atoms with Crippen LogP contribution in [0.3, 0.4) is 0 Å². The highest BCUT2D eigenvalue weighted by Crippen LogP contribution is 2.23. The monoisotopic (exact) mass is 345 g/mol. The summed E-state index contributed by atoms with van der Waals surface area (Å²) in [5.41, 5.74) is 1.99. The molecule has 6 nitrogen and oxygen atoms in total. The van der Waals surface area contributed by atoms with Crippen molar-refractivity contribution in [2.45, 2.75) is 38.9 Å². The van der Waals surface area contributed by atoms with Crippen molar-refractivity contribution in [3.63, 3.8) is 0 Å². The molecule has 3 rings (SSSR count). The van der Waals surface area contributed by atoms with Crippen LogP contribution in [-0.2, 0) is 20.7 Å². The van der Waals surface area contributed by atoms with Gasteiger partial charge in [0.15, 0.2) is 0 Å². The van der Waals surface area contributed by atoms with Crippen LogP contribution >= 0.6 is 0 Å². The summed E-state index contributed by atoms with van der Waals surface area (Å²) in [4.78, 5) is 15.4. The Morgan fingerprint density at radius 3 is 2.60 bits per heavy atom. The number of carbonyl (C=O) groups is 1. The molecule has 134 valence electrons. The largest absolute Gasteiger partial charge is 0.477 e. The van der Waals surface area contributed by atoms with E-state index in [-0.39, 0.29) is 5.92 Å². The molecule has 1 aliphatic heterocycles. The minimum Gasteiger partial charge on any atom is -0.477 e. The van der Waals surface area contributed by atoms with E-state index in [4.69, 9.17) is 19.0 Å². The van der Waals surface area contributed by atoms with Gasteiger partial charge in [-0.15, -0.1) is 0 Å². The van der Waals surface area contributed by atoms with Crippen LogP contribution in [0.2, 0.25) is 0 Å². The molecule has 0 unspecified atom stereocenters. The van der Waals surface area contributed by atoms with Crippen LogP contribution in [0.25, 0.3) is 11.5 Å². The van der Waals surface area contributed by atoms with Gasteiger partial charge in [0.25, 0.3) is 6.29 Å². The molecule has 1 aliphatic rings. The first-order valence-corrected chi connectivity index (χ1v) is 8.61. The van der Waals surface area contributed by atoms with Crippen molar-refractivity contribution in [2.24, 2.45) is 5.92 Å². The fourth-order valence-corrected chi connectivity index (χ4v) is 2.94. The molecule has 0 aliphatic carbocycles. The molecular formula is C19H23NO5. The van der Waals surface area contributed by atoms with E-state index in [9.17, 15) is 4.79 Å². The lowest BCUT2D eigenvalue weighted by Gasteiger charge is -2.26. The number of aryl methyl sites for hydroxylation is 2. The van der Waals surface area contributed by atoms with Crippen molar-refractivity contribution in [1.82, 2.24) is 4.98 Å². The molecule has 0 atom stereocenters. The minimum absolute atomic E-state index is 0.258. The van der Waals surface area contributed by atoms with E-state index in [2.05, 4.69) is 4.98 Å². The second kappa shape index (κ2) is 8.27. The summed E-state index contributed by atoms with van der Waals surface area (Å²) in [6.07, 6.45) is 2.73. The number of nitrogens with zero attached hydrogens (tertiary/aromatic N) is 1. The third-order valence-corrected chi connectivity index (χ3v) is 4.36. The lowest BCUT2D eigenvalue weighted by atomic mass is 10.0. The number of hydrogen-bond donors (Lipinski definition) is 1. The molecule has 2 aromatic rings. The Kier molecular flexibility index (Phi) is 5.83. The maximum absolute atomic E-state index is 10.7. The van der Waals surface area contributed by atoms with Crippen LogP contribution < -0.4 is 0 Å². The van der Waals surface area contributed by atoms with Crippen molar-refractivity contribution in [1.29, 1.82) is 0 Å². The zero-order valence-electron chi connectivity index (χ0n) is 14.3. The number of hydrogen-bond acceptors (Lipinski definition) is 5. The smallest absolute Gasteiger partial charge is 0.361 e. The van der Waals surface area contributed by atoms with E-state index >= 15 is 0 Å². The number of oxazole rings is 1. The second-order valence-electron chi connectivity index (χ2n) is 6.34. The first kappa shape index (κ1) is 17.6. The first-order chi connectivity index (χ1) is 12.1. The van der Waals surface area contributed by atoms with E-state index in [1.54, 1.807) is 0 Å². The Hall–Kier alpha value is -2.18. The molecule has 25 heavy (non-hydrogen) atoms. The zero-order chi connectivity index (χ0) is 17.6. The third-order valence-electron chi connectivity index (χ3n) is 4.36. The number of carboxylic acids is 1. The summed E-state index contributed by atoms with van der Waals surface area (Å²) in [5.74, 6) is 0.734. The minimum atomic E-state index is -1.11. The van der Waals surface area contributed by atoms with E-state index in [1.807, 2.05) is 37.3 Å². The van der Waals surface area contributed by atoms with Gasteiger partial charge in [0.1, 0.15) is 5.76 Å². The number of rotatable bonds is 7. The number of ether oxygens (including phenoxy) is 2. The highest BCUT2D eigenvalue weighted by atomic mass is 16.7. The van der Waals surface area contributed by atoms with Gasteiger partial charge in [-0.05, 0) is 38.3 Å². The molecule has 0 radical (unpaired) electrons. The van der Waals surface area contributed by atoms with Crippen LogP contribution in [0.1, 0.15) is 30.7 Å². The summed E-state index contributed by atoms with van der Waals surface area (Å²) in [6, 6.07) is 9.89. The maximum Gasteiger partial charge on any atom is 0.361 e. The van der Waals surface area contributed by atoms with Gasteiger partial charge in [-0.3, -0.25) is 0 Å². The van der Waals surface area contributed by atoms with Crippen molar-refractivity contribution >= 4 is 5.97 Å². The van der Waals surface area contributed by atoms with Crippen molar-refractivity contribution in [2.75, 3.05) is 13.2 Å². The Balaban J connectivity index is 1.43. The van der Waals surface area contributed by atoms with Gasteiger partial charge in [-0.2, -0.15) is 0 Å². The van der Waals surface area contributed by atoms with Crippen LogP contribution in [0.5, 0.6) is 0 Å². The average Bonchev–Trinajstić information content (AvgIpc) is 3.01. The van der Waals surface area contributed by atoms with Crippen LogP contribution in [0, 0.1) is 12.8 Å². The second-order valence-corrected chi connectivity index (χ2v) is 6.34. The maximum atomic E-state index is 10.7. The fourth-order valence-electron chi connectivity index (χ4n) is 2.94. The molecule has 1 fully saturated rings. The Labute approximate surface area is 146 Å². The standard InChI is InChI=1S/C19H23NO5/c1-13-16(20-17(25-13)15-8-3-2-4-9-15)10-6-5-7-14-11-23-19(18(21)22)24-12-14/h2-4,8-9,14,19H,5-7,10-12H2,1H3,(H,21,22)/t14-,19-. The SMILES string of the molecule is Cc1oc(-c2ccccc2)nc1CCCC[C@H]1CO[C@H](C(=O)O)OC1. The first-order valence-electron chi connectivity index (χ1n) is 8.61. The predicted octanol–water partition coefficient (Wildman–Crippen LogP) is 3.44. The summed E-state index contributed by atoms with van der Waals surface area (Å²) < 4.78 is 16.2. The highest BCUT2D eigenvalue weighted by Gasteiger charge is 2.27. The van der Waals surface area contributed by atoms with Gasteiger partial charge >= 0.3 is 5.97 Å². The molecule has 0 saturated carbocycles. The van der Waals surface area contributed by atoms with E-state index in [0.29, 0.717) is 19.1 Å². The van der Waals surface area contributed by atoms with Gasteiger partial charge < -0.3 is 19.0 Å². The van der Waals surface area contributed by atoms with Crippen molar-refractivity contribution in [3.05, 3.63) is 41.8 Å². The lowest BCUT2D eigenvalue weighted by Crippen LogP contribution is -2.37. The molecule has 1 aromatic heterocycles. The summed E-state index contributed by atoms with van der Waals surface area (Å²) in [6.45, 7) is 2.83. The average molecular weight is 345 g/mol. The molecule has 1 aromatic carbocycles. The van der Waals surface area contributed by atoms with Crippen molar-refractivity contribution < 1.29 is 23.8 Å². The van der Waals surface area contributed by atoms with Gasteiger partial charge in [0.2, 0.25) is 5.89 Å². The molecule has 1 saturated heterocycles. The number of benzene rings is 1. The number of aromatic nitrogens is 1. The number of unbranched alkanes of at least 4 members (excludes halogenated alkanes) is 1. The Morgan fingerprint density at radius 1 is 1.20 bits per heavy atom. The topological polar surface area (TPSA) is 81.8 Å². The van der Waals surface area contributed by atoms with Gasteiger partial charge in [-0.1, -0.05) is 24.6 Å². The van der Waals surface area contributed by atoms with E-state index < -0.39 is 12.3 Å². The molecule has 1 N–H and O–H groups in total. The number of carboxylic acid groups (broad SMARTS) is 1. The molecule has 0 amide bonds. The van der Waals surface area contributed by atoms with E-state index in [0.717, 1.165) is 42.7 Å². The fraction of sp³-hybridized carbons (Fsp3) is 0.474. The molecule has 2 heterocycles. The lowest BCUT2D eigenvalue weighted by molar-refractivity contribution is -0.217. The van der Waals surface area contributed by atoms with Crippen molar-refractivity contribution in [3.8, 4) is 11.5 Å². The predicted molar refractivity (Wildman–Crippen MR) is 91.0 cm³/mol. The molecular weight excluding hydrogens is 322 g/mol.